The quantitative estimate of drug-likeness (QED) is 0.873. The van der Waals surface area contributed by atoms with Crippen molar-refractivity contribution in [2.24, 2.45) is 0 Å². The Morgan fingerprint density at radius 1 is 1.10 bits per heavy atom. The monoisotopic (exact) mass is 343 g/mol. The van der Waals surface area contributed by atoms with Crippen molar-refractivity contribution in [3.63, 3.8) is 0 Å². The average Bonchev–Trinajstić information content (AvgIpc) is 2.81. The predicted octanol–water partition coefficient (Wildman–Crippen LogP) is 4.68. The minimum absolute atomic E-state index is 0. The summed E-state index contributed by atoms with van der Waals surface area (Å²) in [4.78, 5) is 0. The molecular weight excluding hydrogens is 329 g/mol. The molecule has 0 aromatic heterocycles. The van der Waals surface area contributed by atoms with Gasteiger partial charge in [-0.25, -0.2) is 0 Å². The molecule has 2 aromatic carbocycles. The summed E-state index contributed by atoms with van der Waals surface area (Å²) in [5.74, 6) is 0.737. The minimum Gasteiger partial charge on any atom is -0.484 e. The molecule has 1 aliphatic rings. The average molecular weight is 345 g/mol. The van der Waals surface area contributed by atoms with Crippen molar-refractivity contribution in [1.29, 1.82) is 0 Å². The van der Waals surface area contributed by atoms with Crippen molar-refractivity contribution in [2.75, 3.05) is 7.05 Å². The zero-order chi connectivity index (χ0) is 14.1. The van der Waals surface area contributed by atoms with E-state index in [2.05, 4.69) is 23.5 Å². The van der Waals surface area contributed by atoms with Gasteiger partial charge in [0.05, 0.1) is 16.1 Å². The fourth-order valence-corrected chi connectivity index (χ4v) is 2.94. The highest BCUT2D eigenvalue weighted by Gasteiger charge is 2.32. The molecular formula is C16H16Cl3NO. The van der Waals surface area contributed by atoms with E-state index in [4.69, 9.17) is 27.9 Å². The number of likely N-dealkylation sites (N-methyl/N-ethyl adjacent to an activating group) is 1. The topological polar surface area (TPSA) is 21.3 Å². The van der Waals surface area contributed by atoms with E-state index in [9.17, 15) is 0 Å². The first-order valence-corrected chi connectivity index (χ1v) is 7.31. The van der Waals surface area contributed by atoms with Crippen LogP contribution < -0.4 is 10.1 Å². The van der Waals surface area contributed by atoms with E-state index in [0.29, 0.717) is 10.0 Å². The van der Waals surface area contributed by atoms with Crippen molar-refractivity contribution < 1.29 is 4.74 Å². The Morgan fingerprint density at radius 3 is 2.57 bits per heavy atom. The molecule has 0 unspecified atom stereocenters. The van der Waals surface area contributed by atoms with Crippen molar-refractivity contribution >= 4 is 35.6 Å². The van der Waals surface area contributed by atoms with E-state index in [1.807, 2.05) is 19.2 Å². The molecule has 112 valence electrons. The summed E-state index contributed by atoms with van der Waals surface area (Å²) in [5, 5.41) is 4.37. The third-order valence-electron chi connectivity index (χ3n) is 3.69. The Labute approximate surface area is 140 Å². The van der Waals surface area contributed by atoms with Gasteiger partial charge in [0.25, 0.3) is 0 Å². The Balaban J connectivity index is 0.00000161. The van der Waals surface area contributed by atoms with Gasteiger partial charge in [-0.1, -0.05) is 47.5 Å². The summed E-state index contributed by atoms with van der Waals surface area (Å²) in [6, 6.07) is 14.0. The number of halogens is 3. The van der Waals surface area contributed by atoms with Gasteiger partial charge < -0.3 is 10.1 Å². The fourth-order valence-electron chi connectivity index (χ4n) is 2.65. The van der Waals surface area contributed by atoms with Gasteiger partial charge in [-0.15, -0.1) is 12.4 Å². The van der Waals surface area contributed by atoms with Gasteiger partial charge >= 0.3 is 0 Å². The molecule has 2 aromatic rings. The van der Waals surface area contributed by atoms with E-state index < -0.39 is 0 Å². The molecule has 0 saturated heterocycles. The number of nitrogens with one attached hydrogen (secondary N) is 1. The van der Waals surface area contributed by atoms with Crippen LogP contribution in [-0.4, -0.2) is 13.1 Å². The van der Waals surface area contributed by atoms with Gasteiger partial charge in [0, 0.05) is 6.07 Å². The molecule has 5 heteroatoms. The summed E-state index contributed by atoms with van der Waals surface area (Å²) in [5.41, 5.74) is 2.56. The Kier molecular flexibility index (Phi) is 5.39. The normalized spacial score (nSPS) is 19.8. The molecule has 1 aliphatic carbocycles. The van der Waals surface area contributed by atoms with Crippen LogP contribution in [0.5, 0.6) is 5.75 Å². The second-order valence-electron chi connectivity index (χ2n) is 4.91. The van der Waals surface area contributed by atoms with E-state index in [1.165, 1.54) is 11.1 Å². The maximum Gasteiger partial charge on any atom is 0.140 e. The lowest BCUT2D eigenvalue weighted by Crippen LogP contribution is -2.32. The molecule has 21 heavy (non-hydrogen) atoms. The summed E-state index contributed by atoms with van der Waals surface area (Å²) >= 11 is 12.0. The number of ether oxygens (including phenoxy) is 1. The lowest BCUT2D eigenvalue weighted by atomic mass is 10.1. The smallest absolute Gasteiger partial charge is 0.140 e. The molecule has 0 fully saturated rings. The van der Waals surface area contributed by atoms with E-state index in [-0.39, 0.29) is 24.6 Å². The second kappa shape index (κ2) is 6.89. The van der Waals surface area contributed by atoms with Crippen LogP contribution in [0.4, 0.5) is 0 Å². The SMILES string of the molecule is CN[C@H]1Cc2ccccc2[C@H]1Oc1ccc(Cl)c(Cl)c1.Cl. The van der Waals surface area contributed by atoms with Gasteiger partial charge in [-0.05, 0) is 36.7 Å². The number of hydrogen-bond acceptors (Lipinski definition) is 2. The van der Waals surface area contributed by atoms with Gasteiger partial charge in [0.2, 0.25) is 0 Å². The maximum absolute atomic E-state index is 6.14. The van der Waals surface area contributed by atoms with Crippen molar-refractivity contribution in [3.8, 4) is 5.75 Å². The molecule has 3 rings (SSSR count). The summed E-state index contributed by atoms with van der Waals surface area (Å²) in [7, 11) is 1.96. The molecule has 2 atom stereocenters. The summed E-state index contributed by atoms with van der Waals surface area (Å²) < 4.78 is 6.14. The molecule has 0 aliphatic heterocycles. The van der Waals surface area contributed by atoms with Crippen LogP contribution in [0.25, 0.3) is 0 Å². The number of benzene rings is 2. The van der Waals surface area contributed by atoms with Gasteiger partial charge in [0.1, 0.15) is 11.9 Å². The fraction of sp³-hybridized carbons (Fsp3) is 0.250. The minimum atomic E-state index is -0.00607. The summed E-state index contributed by atoms with van der Waals surface area (Å²) in [6.07, 6.45) is 0.965. The predicted molar refractivity (Wildman–Crippen MR) is 90.1 cm³/mol. The summed E-state index contributed by atoms with van der Waals surface area (Å²) in [6.45, 7) is 0. The molecule has 0 saturated carbocycles. The first-order valence-electron chi connectivity index (χ1n) is 6.56. The van der Waals surface area contributed by atoms with Crippen LogP contribution in [0.3, 0.4) is 0 Å². The maximum atomic E-state index is 6.14. The first kappa shape index (κ1) is 16.4. The van der Waals surface area contributed by atoms with E-state index >= 15 is 0 Å². The van der Waals surface area contributed by atoms with Crippen LogP contribution in [0.2, 0.25) is 10.0 Å². The van der Waals surface area contributed by atoms with Gasteiger partial charge in [-0.2, -0.15) is 0 Å². The van der Waals surface area contributed by atoms with Crippen LogP contribution in [0, 0.1) is 0 Å². The zero-order valence-corrected chi connectivity index (χ0v) is 13.8. The van der Waals surface area contributed by atoms with Crippen molar-refractivity contribution in [3.05, 3.63) is 63.6 Å². The molecule has 0 heterocycles. The van der Waals surface area contributed by atoms with Crippen molar-refractivity contribution in [2.45, 2.75) is 18.6 Å². The third kappa shape index (κ3) is 3.29. The highest BCUT2D eigenvalue weighted by Crippen LogP contribution is 2.36. The van der Waals surface area contributed by atoms with Gasteiger partial charge in [0.15, 0.2) is 0 Å². The number of hydrogen-bond donors (Lipinski definition) is 1. The zero-order valence-electron chi connectivity index (χ0n) is 11.5. The highest BCUT2D eigenvalue weighted by atomic mass is 35.5. The van der Waals surface area contributed by atoms with Gasteiger partial charge in [-0.3, -0.25) is 0 Å². The van der Waals surface area contributed by atoms with Crippen LogP contribution in [-0.2, 0) is 6.42 Å². The standard InChI is InChI=1S/C16H15Cl2NO.ClH/c1-19-15-8-10-4-2-3-5-12(10)16(15)20-11-6-7-13(17)14(18)9-11;/h2-7,9,15-16,19H,8H2,1H3;1H/t15-,16+;/m0./s1. The number of rotatable bonds is 3. The van der Waals surface area contributed by atoms with Crippen LogP contribution >= 0.6 is 35.6 Å². The molecule has 1 N–H and O–H groups in total. The largest absolute Gasteiger partial charge is 0.484 e. The van der Waals surface area contributed by atoms with E-state index in [1.54, 1.807) is 12.1 Å². The van der Waals surface area contributed by atoms with Crippen LogP contribution in [0.1, 0.15) is 17.2 Å². The Hall–Kier alpha value is -0.930. The lowest BCUT2D eigenvalue weighted by Gasteiger charge is -2.22. The second-order valence-corrected chi connectivity index (χ2v) is 5.73. The molecule has 2 nitrogen and oxygen atoms in total. The van der Waals surface area contributed by atoms with Crippen LogP contribution in [0.15, 0.2) is 42.5 Å². The van der Waals surface area contributed by atoms with Crippen molar-refractivity contribution in [1.82, 2.24) is 5.32 Å². The highest BCUT2D eigenvalue weighted by molar-refractivity contribution is 6.42. The lowest BCUT2D eigenvalue weighted by molar-refractivity contribution is 0.172. The van der Waals surface area contributed by atoms with E-state index in [0.717, 1.165) is 12.2 Å². The molecule has 0 amide bonds. The number of fused-ring (bicyclic) bond motifs is 1. The Bertz CT molecular complexity index is 633. The molecule has 0 radical (unpaired) electrons. The Morgan fingerprint density at radius 2 is 1.86 bits per heavy atom. The third-order valence-corrected chi connectivity index (χ3v) is 4.43. The molecule has 0 spiro atoms. The molecule has 0 bridgehead atoms. The first-order chi connectivity index (χ1) is 9.69.